The maximum absolute atomic E-state index is 13.0. The average Bonchev–Trinajstić information content (AvgIpc) is 3.45. The maximum atomic E-state index is 13.0. The number of carbonyl (C=O) groups excluding carboxylic acids is 2. The number of hydrogen-bond acceptors (Lipinski definition) is 5. The van der Waals surface area contributed by atoms with Crippen LogP contribution < -0.4 is 5.32 Å². The van der Waals surface area contributed by atoms with Gasteiger partial charge in [-0.1, -0.05) is 25.0 Å². The van der Waals surface area contributed by atoms with Crippen molar-refractivity contribution in [3.05, 3.63) is 66.7 Å². The van der Waals surface area contributed by atoms with Crippen LogP contribution in [0.4, 0.5) is 0 Å². The van der Waals surface area contributed by atoms with Crippen LogP contribution in [-0.4, -0.2) is 11.7 Å². The van der Waals surface area contributed by atoms with Crippen molar-refractivity contribution in [3.8, 4) is 0 Å². The highest BCUT2D eigenvalue weighted by Gasteiger charge is 2.43. The van der Waals surface area contributed by atoms with E-state index in [1.54, 1.807) is 11.3 Å². The van der Waals surface area contributed by atoms with E-state index in [4.69, 9.17) is 0 Å². The van der Waals surface area contributed by atoms with E-state index in [-0.39, 0.29) is 17.1 Å². The molecule has 0 saturated heterocycles. The highest BCUT2D eigenvalue weighted by Crippen LogP contribution is 2.43. The van der Waals surface area contributed by atoms with E-state index >= 15 is 0 Å². The molecule has 0 aromatic carbocycles. The monoisotopic (exact) mass is 401 g/mol. The van der Waals surface area contributed by atoms with Crippen LogP contribution in [0, 0.1) is 0 Å². The summed E-state index contributed by atoms with van der Waals surface area (Å²) in [6, 6.07) is 11.6. The standard InChI is InChI=1S/C20H19NO2S3/c22-18(15-5-3-11-24-15)16-8-7-14(26-16)13-21-19(23)20(9-1-2-10-20)17-6-4-12-25-17/h3-8,11-12H,1-2,9-10,13H2,(H,21,23). The van der Waals surface area contributed by atoms with Crippen molar-refractivity contribution in [1.82, 2.24) is 5.32 Å². The number of rotatable bonds is 6. The van der Waals surface area contributed by atoms with Crippen molar-refractivity contribution < 1.29 is 9.59 Å². The molecule has 1 aliphatic carbocycles. The lowest BCUT2D eigenvalue weighted by atomic mass is 9.83. The first-order valence-electron chi connectivity index (χ1n) is 8.68. The van der Waals surface area contributed by atoms with Crippen LogP contribution in [0.5, 0.6) is 0 Å². The number of carbonyl (C=O) groups is 2. The molecule has 0 spiro atoms. The fourth-order valence-electron chi connectivity index (χ4n) is 3.58. The molecule has 1 amide bonds. The summed E-state index contributed by atoms with van der Waals surface area (Å²) in [6.45, 7) is 0.481. The minimum Gasteiger partial charge on any atom is -0.350 e. The summed E-state index contributed by atoms with van der Waals surface area (Å²) in [4.78, 5) is 29.1. The van der Waals surface area contributed by atoms with Gasteiger partial charge in [0, 0.05) is 9.75 Å². The lowest BCUT2D eigenvalue weighted by Crippen LogP contribution is -2.41. The maximum Gasteiger partial charge on any atom is 0.231 e. The van der Waals surface area contributed by atoms with E-state index < -0.39 is 0 Å². The lowest BCUT2D eigenvalue weighted by Gasteiger charge is -2.26. The zero-order valence-corrected chi connectivity index (χ0v) is 16.6. The van der Waals surface area contributed by atoms with Crippen LogP contribution in [0.1, 0.15) is 50.0 Å². The molecular formula is C20H19NO2S3. The van der Waals surface area contributed by atoms with E-state index in [1.807, 2.05) is 41.1 Å². The van der Waals surface area contributed by atoms with Gasteiger partial charge in [-0.25, -0.2) is 0 Å². The van der Waals surface area contributed by atoms with Crippen LogP contribution in [0.25, 0.3) is 0 Å². The lowest BCUT2D eigenvalue weighted by molar-refractivity contribution is -0.126. The van der Waals surface area contributed by atoms with E-state index in [0.29, 0.717) is 6.54 Å². The Bertz CT molecular complexity index is 888. The fourth-order valence-corrected chi connectivity index (χ4v) is 6.20. The molecule has 0 radical (unpaired) electrons. The van der Waals surface area contributed by atoms with Gasteiger partial charge in [-0.3, -0.25) is 9.59 Å². The van der Waals surface area contributed by atoms with Crippen molar-refractivity contribution in [3.63, 3.8) is 0 Å². The molecule has 1 fully saturated rings. The van der Waals surface area contributed by atoms with Crippen LogP contribution in [0.3, 0.4) is 0 Å². The van der Waals surface area contributed by atoms with Crippen molar-refractivity contribution in [2.24, 2.45) is 0 Å². The summed E-state index contributed by atoms with van der Waals surface area (Å²) >= 11 is 4.60. The summed E-state index contributed by atoms with van der Waals surface area (Å²) in [6.07, 6.45) is 4.05. The minimum absolute atomic E-state index is 0.0634. The normalized spacial score (nSPS) is 15.8. The first-order chi connectivity index (χ1) is 12.7. The number of ketones is 1. The van der Waals surface area contributed by atoms with Gasteiger partial charge in [0.25, 0.3) is 0 Å². The zero-order chi connectivity index (χ0) is 18.0. The van der Waals surface area contributed by atoms with Gasteiger partial charge in [0.15, 0.2) is 0 Å². The summed E-state index contributed by atoms with van der Waals surface area (Å²) in [5, 5.41) is 7.08. The van der Waals surface area contributed by atoms with Gasteiger partial charge in [-0.2, -0.15) is 0 Å². The molecule has 1 N–H and O–H groups in total. The van der Waals surface area contributed by atoms with Gasteiger partial charge in [-0.05, 0) is 47.9 Å². The summed E-state index contributed by atoms with van der Waals surface area (Å²) in [5.41, 5.74) is -0.360. The third-order valence-electron chi connectivity index (χ3n) is 4.94. The number of amides is 1. The second kappa shape index (κ2) is 7.47. The molecule has 134 valence electrons. The Morgan fingerprint density at radius 2 is 1.73 bits per heavy atom. The van der Waals surface area contributed by atoms with Crippen molar-refractivity contribution in [2.75, 3.05) is 0 Å². The number of hydrogen-bond donors (Lipinski definition) is 1. The molecule has 26 heavy (non-hydrogen) atoms. The van der Waals surface area contributed by atoms with Gasteiger partial charge >= 0.3 is 0 Å². The molecule has 0 aliphatic heterocycles. The fraction of sp³-hybridized carbons (Fsp3) is 0.300. The van der Waals surface area contributed by atoms with Gasteiger partial charge < -0.3 is 5.32 Å². The zero-order valence-electron chi connectivity index (χ0n) is 14.2. The Morgan fingerprint density at radius 3 is 2.42 bits per heavy atom. The van der Waals surface area contributed by atoms with Crippen molar-refractivity contribution >= 4 is 45.7 Å². The quantitative estimate of drug-likeness (QED) is 0.575. The molecule has 0 atom stereocenters. The summed E-state index contributed by atoms with van der Waals surface area (Å²) in [5.74, 6) is 0.186. The largest absolute Gasteiger partial charge is 0.350 e. The Hall–Kier alpha value is -1.76. The molecule has 1 saturated carbocycles. The van der Waals surface area contributed by atoms with E-state index in [0.717, 1.165) is 40.3 Å². The van der Waals surface area contributed by atoms with Gasteiger partial charge in [-0.15, -0.1) is 34.0 Å². The van der Waals surface area contributed by atoms with Gasteiger partial charge in [0.1, 0.15) is 0 Å². The highest BCUT2D eigenvalue weighted by atomic mass is 32.1. The predicted octanol–water partition coefficient (Wildman–Crippen LogP) is 5.23. The second-order valence-corrected chi connectivity index (χ2v) is 9.59. The molecule has 0 bridgehead atoms. The first kappa shape index (κ1) is 17.6. The van der Waals surface area contributed by atoms with Gasteiger partial charge in [0.2, 0.25) is 11.7 Å². The number of thiophene rings is 3. The van der Waals surface area contributed by atoms with Crippen LogP contribution in [-0.2, 0) is 16.8 Å². The molecular weight excluding hydrogens is 382 g/mol. The van der Waals surface area contributed by atoms with Crippen LogP contribution in [0.15, 0.2) is 47.2 Å². The Balaban J connectivity index is 1.44. The minimum atomic E-state index is -0.360. The third-order valence-corrected chi connectivity index (χ3v) is 7.96. The third kappa shape index (κ3) is 3.29. The van der Waals surface area contributed by atoms with E-state index in [9.17, 15) is 9.59 Å². The van der Waals surface area contributed by atoms with Crippen LogP contribution in [0.2, 0.25) is 0 Å². The first-order valence-corrected chi connectivity index (χ1v) is 11.3. The Morgan fingerprint density at radius 1 is 0.962 bits per heavy atom. The van der Waals surface area contributed by atoms with Gasteiger partial charge in [0.05, 0.1) is 21.7 Å². The summed E-state index contributed by atoms with van der Waals surface area (Å²) in [7, 11) is 0. The topological polar surface area (TPSA) is 46.2 Å². The summed E-state index contributed by atoms with van der Waals surface area (Å²) < 4.78 is 0. The second-order valence-electron chi connectivity index (χ2n) is 6.52. The Kier molecular flexibility index (Phi) is 5.07. The molecule has 4 rings (SSSR count). The van der Waals surface area contributed by atoms with Crippen LogP contribution >= 0.6 is 34.0 Å². The highest BCUT2D eigenvalue weighted by molar-refractivity contribution is 7.16. The van der Waals surface area contributed by atoms with Crippen molar-refractivity contribution in [2.45, 2.75) is 37.6 Å². The van der Waals surface area contributed by atoms with E-state index in [1.165, 1.54) is 27.6 Å². The predicted molar refractivity (Wildman–Crippen MR) is 108 cm³/mol. The smallest absolute Gasteiger partial charge is 0.231 e. The molecule has 1 aliphatic rings. The average molecular weight is 402 g/mol. The molecule has 3 aromatic rings. The van der Waals surface area contributed by atoms with Crippen molar-refractivity contribution in [1.29, 1.82) is 0 Å². The number of nitrogens with one attached hydrogen (secondary N) is 1. The molecule has 0 unspecified atom stereocenters. The molecule has 3 nitrogen and oxygen atoms in total. The molecule has 6 heteroatoms. The SMILES string of the molecule is O=C(c1cccs1)c1ccc(CNC(=O)C2(c3cccs3)CCCC2)s1. The Labute approximate surface area is 164 Å². The van der Waals surface area contributed by atoms with E-state index in [2.05, 4.69) is 11.4 Å². The molecule has 3 aromatic heterocycles. The molecule has 3 heterocycles.